The summed E-state index contributed by atoms with van der Waals surface area (Å²) in [6.45, 7) is 5.68. The van der Waals surface area contributed by atoms with Crippen LogP contribution in [-0.4, -0.2) is 50.5 Å². The van der Waals surface area contributed by atoms with Crippen molar-refractivity contribution in [2.45, 2.75) is 46.2 Å². The number of benzene rings is 2. The van der Waals surface area contributed by atoms with E-state index in [1.165, 1.54) is 4.90 Å². The zero-order valence-electron chi connectivity index (χ0n) is 19.8. The van der Waals surface area contributed by atoms with Crippen LogP contribution in [0.15, 0.2) is 46.9 Å². The number of hydrogen-bond donors (Lipinski definition) is 1. The van der Waals surface area contributed by atoms with E-state index in [2.05, 4.69) is 21.2 Å². The molecule has 7 nitrogen and oxygen atoms in total. The third-order valence-electron chi connectivity index (χ3n) is 5.35. The van der Waals surface area contributed by atoms with E-state index in [0.29, 0.717) is 17.3 Å². The van der Waals surface area contributed by atoms with Crippen LogP contribution < -0.4 is 9.62 Å². The number of aryl methyl sites for hydroxylation is 1. The summed E-state index contributed by atoms with van der Waals surface area (Å²) in [5, 5.41) is 3.36. The average molecular weight is 573 g/mol. The molecule has 0 aliphatic rings. The summed E-state index contributed by atoms with van der Waals surface area (Å²) in [6, 6.07) is 11.3. The summed E-state index contributed by atoms with van der Waals surface area (Å²) in [5.41, 5.74) is 1.94. The van der Waals surface area contributed by atoms with Gasteiger partial charge in [-0.1, -0.05) is 53.0 Å². The Hall–Kier alpha value is -2.10. The van der Waals surface area contributed by atoms with E-state index in [9.17, 15) is 18.0 Å². The fraction of sp³-hybridized carbons (Fsp3) is 0.417. The Morgan fingerprint density at radius 2 is 1.88 bits per heavy atom. The number of hydrogen-bond acceptors (Lipinski definition) is 4. The van der Waals surface area contributed by atoms with Gasteiger partial charge >= 0.3 is 0 Å². The lowest BCUT2D eigenvalue weighted by Gasteiger charge is -2.31. The maximum Gasteiger partial charge on any atom is 0.244 e. The Balaban J connectivity index is 2.37. The summed E-state index contributed by atoms with van der Waals surface area (Å²) >= 11 is 9.52. The van der Waals surface area contributed by atoms with Crippen molar-refractivity contribution in [1.82, 2.24) is 10.2 Å². The van der Waals surface area contributed by atoms with Crippen molar-refractivity contribution in [2.75, 3.05) is 23.7 Å². The smallest absolute Gasteiger partial charge is 0.244 e. The zero-order chi connectivity index (χ0) is 25.5. The standard InChI is InChI=1S/C24H31BrClN3O4S/c1-5-6-12-27-24(31)18(3)28(15-19-8-7-9-20(26)14-19)23(30)16-29(34(4,32)33)21-10-11-22(25)17(2)13-21/h7-11,13-14,18H,5-6,12,15-16H2,1-4H3,(H,27,31)/t18-/m0/s1. The lowest BCUT2D eigenvalue weighted by atomic mass is 10.1. The Labute approximate surface area is 215 Å². The second-order valence-corrected chi connectivity index (χ2v) is 11.4. The molecule has 0 aliphatic heterocycles. The van der Waals surface area contributed by atoms with Gasteiger partial charge in [-0.3, -0.25) is 13.9 Å². The SMILES string of the molecule is CCCCNC(=O)[C@H](C)N(Cc1cccc(Cl)c1)C(=O)CN(c1ccc(Br)c(C)c1)S(C)(=O)=O. The van der Waals surface area contributed by atoms with Crippen molar-refractivity contribution in [3.63, 3.8) is 0 Å². The first-order valence-corrected chi connectivity index (χ1v) is 14.0. The molecular formula is C24H31BrClN3O4S. The van der Waals surface area contributed by atoms with Crippen LogP contribution in [0.3, 0.4) is 0 Å². The lowest BCUT2D eigenvalue weighted by molar-refractivity contribution is -0.139. The number of nitrogens with zero attached hydrogens (tertiary/aromatic N) is 2. The lowest BCUT2D eigenvalue weighted by Crippen LogP contribution is -2.51. The minimum atomic E-state index is -3.77. The molecule has 0 unspecified atom stereocenters. The molecule has 0 aromatic heterocycles. The van der Waals surface area contributed by atoms with Crippen molar-refractivity contribution in [3.05, 3.63) is 63.1 Å². The van der Waals surface area contributed by atoms with E-state index < -0.39 is 28.5 Å². The largest absolute Gasteiger partial charge is 0.354 e. The molecule has 2 aromatic rings. The fourth-order valence-electron chi connectivity index (χ4n) is 3.35. The number of unbranched alkanes of at least 4 members (excludes halogenated alkanes) is 1. The monoisotopic (exact) mass is 571 g/mol. The quantitative estimate of drug-likeness (QED) is 0.402. The molecule has 34 heavy (non-hydrogen) atoms. The second-order valence-electron chi connectivity index (χ2n) is 8.18. The van der Waals surface area contributed by atoms with Crippen LogP contribution in [0.2, 0.25) is 5.02 Å². The minimum Gasteiger partial charge on any atom is -0.354 e. The van der Waals surface area contributed by atoms with Gasteiger partial charge in [0.2, 0.25) is 21.8 Å². The molecule has 1 atom stereocenters. The predicted molar refractivity (Wildman–Crippen MR) is 140 cm³/mol. The number of rotatable bonds is 11. The number of carbonyl (C=O) groups is 2. The average Bonchev–Trinajstić information content (AvgIpc) is 2.76. The van der Waals surface area contributed by atoms with Gasteiger partial charge in [0.25, 0.3) is 0 Å². The molecule has 2 rings (SSSR count). The number of carbonyl (C=O) groups excluding carboxylic acids is 2. The van der Waals surface area contributed by atoms with E-state index in [4.69, 9.17) is 11.6 Å². The van der Waals surface area contributed by atoms with E-state index in [1.807, 2.05) is 13.8 Å². The van der Waals surface area contributed by atoms with Crippen LogP contribution >= 0.6 is 27.5 Å². The molecule has 186 valence electrons. The van der Waals surface area contributed by atoms with E-state index in [1.54, 1.807) is 49.4 Å². The molecular weight excluding hydrogens is 542 g/mol. The maximum atomic E-state index is 13.5. The van der Waals surface area contributed by atoms with E-state index >= 15 is 0 Å². The fourth-order valence-corrected chi connectivity index (χ4v) is 4.65. The molecule has 0 aliphatic carbocycles. The summed E-state index contributed by atoms with van der Waals surface area (Å²) in [6.07, 6.45) is 2.81. The number of amides is 2. The first-order chi connectivity index (χ1) is 15.9. The van der Waals surface area contributed by atoms with Gasteiger partial charge < -0.3 is 10.2 Å². The highest BCUT2D eigenvalue weighted by Crippen LogP contribution is 2.25. The van der Waals surface area contributed by atoms with Crippen molar-refractivity contribution in [1.29, 1.82) is 0 Å². The Kier molecular flexibility index (Phi) is 10.4. The molecule has 0 heterocycles. The minimum absolute atomic E-state index is 0.110. The molecule has 2 aromatic carbocycles. The molecule has 2 amide bonds. The summed E-state index contributed by atoms with van der Waals surface area (Å²) < 4.78 is 27.1. The van der Waals surface area contributed by atoms with Crippen LogP contribution in [0.1, 0.15) is 37.8 Å². The van der Waals surface area contributed by atoms with Crippen LogP contribution in [0.5, 0.6) is 0 Å². The Morgan fingerprint density at radius 3 is 2.47 bits per heavy atom. The molecule has 0 saturated heterocycles. The Bertz CT molecular complexity index is 1130. The van der Waals surface area contributed by atoms with Crippen LogP contribution in [0.25, 0.3) is 0 Å². The van der Waals surface area contributed by atoms with Gasteiger partial charge in [0.1, 0.15) is 12.6 Å². The predicted octanol–water partition coefficient (Wildman–Crippen LogP) is 4.51. The molecule has 0 bridgehead atoms. The highest BCUT2D eigenvalue weighted by atomic mass is 79.9. The van der Waals surface area contributed by atoms with Crippen LogP contribution in [-0.2, 0) is 26.2 Å². The zero-order valence-corrected chi connectivity index (χ0v) is 23.0. The van der Waals surface area contributed by atoms with Gasteiger partial charge in [0.05, 0.1) is 11.9 Å². The van der Waals surface area contributed by atoms with Gasteiger partial charge in [0.15, 0.2) is 0 Å². The molecule has 1 N–H and O–H groups in total. The first-order valence-electron chi connectivity index (χ1n) is 11.0. The number of anilines is 1. The maximum absolute atomic E-state index is 13.5. The van der Waals surface area contributed by atoms with Crippen molar-refractivity contribution < 1.29 is 18.0 Å². The van der Waals surface area contributed by atoms with Gasteiger partial charge in [-0.25, -0.2) is 8.42 Å². The molecule has 0 fully saturated rings. The number of nitrogens with one attached hydrogen (secondary N) is 1. The first kappa shape index (κ1) is 28.1. The molecule has 0 saturated carbocycles. The van der Waals surface area contributed by atoms with Crippen LogP contribution in [0, 0.1) is 6.92 Å². The normalized spacial score (nSPS) is 12.2. The highest BCUT2D eigenvalue weighted by Gasteiger charge is 2.30. The second kappa shape index (κ2) is 12.6. The third kappa shape index (κ3) is 7.99. The third-order valence-corrected chi connectivity index (χ3v) is 7.61. The van der Waals surface area contributed by atoms with Gasteiger partial charge in [-0.15, -0.1) is 0 Å². The van der Waals surface area contributed by atoms with Crippen molar-refractivity contribution >= 4 is 55.1 Å². The Morgan fingerprint density at radius 1 is 1.18 bits per heavy atom. The molecule has 0 spiro atoms. The summed E-state index contributed by atoms with van der Waals surface area (Å²) in [4.78, 5) is 27.7. The summed E-state index contributed by atoms with van der Waals surface area (Å²) in [5.74, 6) is -0.793. The van der Waals surface area contributed by atoms with Crippen molar-refractivity contribution in [3.8, 4) is 0 Å². The number of halogens is 2. The topological polar surface area (TPSA) is 86.8 Å². The van der Waals surface area contributed by atoms with Gasteiger partial charge in [0, 0.05) is 22.6 Å². The highest BCUT2D eigenvalue weighted by molar-refractivity contribution is 9.10. The summed E-state index contributed by atoms with van der Waals surface area (Å²) in [7, 11) is -3.77. The van der Waals surface area contributed by atoms with Gasteiger partial charge in [-0.05, 0) is 61.7 Å². The van der Waals surface area contributed by atoms with E-state index in [-0.39, 0.29) is 12.5 Å². The number of sulfonamides is 1. The molecule has 10 heteroatoms. The van der Waals surface area contributed by atoms with Crippen LogP contribution in [0.4, 0.5) is 5.69 Å². The molecule has 0 radical (unpaired) electrons. The van der Waals surface area contributed by atoms with Gasteiger partial charge in [-0.2, -0.15) is 0 Å². The van der Waals surface area contributed by atoms with Crippen molar-refractivity contribution in [2.24, 2.45) is 0 Å². The van der Waals surface area contributed by atoms with E-state index in [0.717, 1.165) is 39.0 Å².